The van der Waals surface area contributed by atoms with Gasteiger partial charge in [0.15, 0.2) is 0 Å². The summed E-state index contributed by atoms with van der Waals surface area (Å²) in [6.07, 6.45) is 2.47. The summed E-state index contributed by atoms with van der Waals surface area (Å²) < 4.78 is 3.63. The number of rotatable bonds is 14. The molecule has 0 radical (unpaired) electrons. The van der Waals surface area contributed by atoms with Crippen LogP contribution in [0.1, 0.15) is 181 Å². The molecule has 1 heterocycles. The van der Waals surface area contributed by atoms with Crippen molar-refractivity contribution >= 4 is 41.2 Å². The van der Waals surface area contributed by atoms with Gasteiger partial charge in [-0.1, -0.05) is 0 Å². The van der Waals surface area contributed by atoms with Crippen LogP contribution in [0.25, 0.3) is 22.3 Å². The normalized spacial score (nSPS) is 16.5. The molecule has 0 N–H and O–H groups in total. The molecule has 0 unspecified atom stereocenters. The van der Waals surface area contributed by atoms with Crippen molar-refractivity contribution in [1.29, 1.82) is 0 Å². The Labute approximate surface area is 385 Å². The first-order valence-electron chi connectivity index (χ1n) is 24.1. The Morgan fingerprint density at radius 2 is 0.839 bits per heavy atom. The molecule has 0 spiro atoms. The first-order chi connectivity index (χ1) is 29.7. The molecule has 0 aromatic heterocycles. The fraction of sp³-hybridized carbons (Fsp3) is 0.400. The topological polar surface area (TPSA) is 0 Å². The van der Waals surface area contributed by atoms with Crippen LogP contribution in [0, 0.1) is 0 Å². The first-order valence-corrected chi connectivity index (χ1v) is 31.1. The van der Waals surface area contributed by atoms with Gasteiger partial charge in [-0.3, -0.25) is 0 Å². The van der Waals surface area contributed by atoms with Crippen LogP contribution in [0.5, 0.6) is 0 Å². The summed E-state index contributed by atoms with van der Waals surface area (Å²) in [5.41, 5.74) is 17.4. The Hall–Kier alpha value is -3.45. The van der Waals surface area contributed by atoms with Crippen molar-refractivity contribution in [3.05, 3.63) is 172 Å². The zero-order valence-electron chi connectivity index (χ0n) is 40.4. The molecular formula is C60H75PSn. The van der Waals surface area contributed by atoms with E-state index in [0.29, 0.717) is 44.8 Å². The van der Waals surface area contributed by atoms with Crippen molar-refractivity contribution in [2.75, 3.05) is 0 Å². The predicted octanol–water partition coefficient (Wildman–Crippen LogP) is 16.6. The monoisotopic (exact) mass is 946 g/mol. The molecule has 1 saturated heterocycles. The Kier molecular flexibility index (Phi) is 14.8. The minimum atomic E-state index is -2.91. The molecule has 1 fully saturated rings. The SMILES string of the molecule is CCC[C@@H]1[CH2][Sn-]([c]2c(-c3c(C(C)C)cc(C(C)C)cc3C(C)C)cccc2-c2c(C(C)C)cc(C(C)C)cc2C(C)C)[C@@H](c2ccccc2)[P+]1(c1ccccc1)c1ccccc1. The molecule has 0 bridgehead atoms. The first kappa shape index (κ1) is 46.5. The third-order valence-corrected chi connectivity index (χ3v) is 34.5. The van der Waals surface area contributed by atoms with Gasteiger partial charge in [-0.15, -0.1) is 0 Å². The fourth-order valence-electron chi connectivity index (χ4n) is 11.0. The number of benzene rings is 6. The van der Waals surface area contributed by atoms with Crippen molar-refractivity contribution in [2.45, 2.75) is 152 Å². The van der Waals surface area contributed by atoms with Gasteiger partial charge in [0.25, 0.3) is 0 Å². The van der Waals surface area contributed by atoms with Crippen LogP contribution in [0.4, 0.5) is 0 Å². The molecule has 6 aromatic carbocycles. The van der Waals surface area contributed by atoms with E-state index in [4.69, 9.17) is 0 Å². The number of hydrogen-bond acceptors (Lipinski definition) is 0. The van der Waals surface area contributed by atoms with E-state index in [-0.39, 0.29) is 0 Å². The molecular weight excluding hydrogens is 870 g/mol. The second kappa shape index (κ2) is 19.7. The Morgan fingerprint density at radius 1 is 0.468 bits per heavy atom. The Bertz CT molecular complexity index is 2230. The number of hydrogen-bond donors (Lipinski definition) is 0. The van der Waals surface area contributed by atoms with Gasteiger partial charge in [-0.25, -0.2) is 0 Å². The van der Waals surface area contributed by atoms with Crippen molar-refractivity contribution in [1.82, 2.24) is 0 Å². The van der Waals surface area contributed by atoms with E-state index in [9.17, 15) is 0 Å². The molecule has 324 valence electrons. The van der Waals surface area contributed by atoms with Gasteiger partial charge in [0.2, 0.25) is 0 Å². The Morgan fingerprint density at radius 3 is 1.18 bits per heavy atom. The van der Waals surface area contributed by atoms with E-state index in [2.05, 4.69) is 223 Å². The van der Waals surface area contributed by atoms with Crippen molar-refractivity contribution in [2.24, 2.45) is 0 Å². The van der Waals surface area contributed by atoms with E-state index >= 15 is 0 Å². The van der Waals surface area contributed by atoms with Crippen molar-refractivity contribution < 1.29 is 0 Å². The summed E-state index contributed by atoms with van der Waals surface area (Å²) in [7, 11) is -2.03. The van der Waals surface area contributed by atoms with Gasteiger partial charge in [0, 0.05) is 0 Å². The van der Waals surface area contributed by atoms with Crippen LogP contribution in [0.3, 0.4) is 0 Å². The van der Waals surface area contributed by atoms with E-state index in [1.807, 2.05) is 0 Å². The van der Waals surface area contributed by atoms with Crippen LogP contribution in [-0.4, -0.2) is 25.4 Å². The van der Waals surface area contributed by atoms with E-state index in [1.54, 1.807) is 30.9 Å². The van der Waals surface area contributed by atoms with E-state index < -0.39 is 27.0 Å². The standard InChI is InChI=1S/C36H49.C24H26P.Sn/c1-21(2)29-17-31(23(5)6)35(32(18-29)24(7)8)27-14-13-15-28(16-27)36-33(25(9)10)19-30(22(3)4)20-34(36)26(11)12;1-3-13-21(2)25(23-16-9-5-10-17-23,24-18-11-6-12-19-24)20-22-14-7-4-8-15-22;/h13-15,17-26H,1-12H3;4-12,14-21H,2-3,13H2,1H3;/q;+1;-1/t;21-;/m.0./s1. The summed E-state index contributed by atoms with van der Waals surface area (Å²) in [6, 6.07) is 54.1. The van der Waals surface area contributed by atoms with E-state index in [0.717, 1.165) is 0 Å². The summed E-state index contributed by atoms with van der Waals surface area (Å²) in [5.74, 6) is 2.54. The van der Waals surface area contributed by atoms with Gasteiger partial charge in [0.05, 0.1) is 0 Å². The second-order valence-corrected chi connectivity index (χ2v) is 32.7. The minimum absolute atomic E-state index is 0.399. The fourth-order valence-corrected chi connectivity index (χ4v) is 39.4. The van der Waals surface area contributed by atoms with Crippen molar-refractivity contribution in [3.63, 3.8) is 0 Å². The molecule has 2 heteroatoms. The molecule has 0 aliphatic carbocycles. The Balaban J connectivity index is 1.73. The molecule has 1 aliphatic rings. The van der Waals surface area contributed by atoms with Gasteiger partial charge >= 0.3 is 388 Å². The molecule has 0 saturated carbocycles. The van der Waals surface area contributed by atoms with E-state index in [1.165, 1.54) is 61.8 Å². The molecule has 0 nitrogen and oxygen atoms in total. The molecule has 7 rings (SSSR count). The quantitative estimate of drug-likeness (QED) is 0.0754. The van der Waals surface area contributed by atoms with Crippen LogP contribution in [0.2, 0.25) is 4.44 Å². The second-order valence-electron chi connectivity index (χ2n) is 20.2. The van der Waals surface area contributed by atoms with Gasteiger partial charge in [-0.05, 0) is 0 Å². The van der Waals surface area contributed by atoms with Crippen LogP contribution in [-0.2, 0) is 0 Å². The molecule has 62 heavy (non-hydrogen) atoms. The summed E-state index contributed by atoms with van der Waals surface area (Å²) >= 11 is -2.91. The van der Waals surface area contributed by atoms with Crippen LogP contribution >= 0.6 is 7.26 Å². The molecule has 6 aromatic rings. The third kappa shape index (κ3) is 8.71. The van der Waals surface area contributed by atoms with Crippen molar-refractivity contribution in [3.8, 4) is 22.3 Å². The third-order valence-electron chi connectivity index (χ3n) is 14.1. The average Bonchev–Trinajstić information content (AvgIpc) is 3.60. The van der Waals surface area contributed by atoms with Gasteiger partial charge < -0.3 is 0 Å². The predicted molar refractivity (Wildman–Crippen MR) is 279 cm³/mol. The maximum atomic E-state index is 2.60. The summed E-state index contributed by atoms with van der Waals surface area (Å²) in [4.78, 5) is 0. The maximum absolute atomic E-state index is 2.91. The summed E-state index contributed by atoms with van der Waals surface area (Å²) in [6.45, 7) is 31.5. The molecule has 1 aliphatic heterocycles. The van der Waals surface area contributed by atoms with Crippen LogP contribution in [0.15, 0.2) is 133 Å². The average molecular weight is 946 g/mol. The van der Waals surface area contributed by atoms with Gasteiger partial charge in [-0.2, -0.15) is 0 Å². The molecule has 2 atom stereocenters. The zero-order valence-corrected chi connectivity index (χ0v) is 44.1. The zero-order chi connectivity index (χ0) is 44.5. The summed E-state index contributed by atoms with van der Waals surface area (Å²) in [5, 5.41) is 3.21. The van der Waals surface area contributed by atoms with Crippen LogP contribution < -0.4 is 14.2 Å². The molecule has 0 amide bonds. The van der Waals surface area contributed by atoms with Gasteiger partial charge in [0.1, 0.15) is 0 Å².